The minimum absolute atomic E-state index is 0.417. The van der Waals surface area contributed by atoms with Gasteiger partial charge in [0, 0.05) is 5.56 Å². The third-order valence-electron chi connectivity index (χ3n) is 3.87. The lowest BCUT2D eigenvalue weighted by Crippen LogP contribution is -1.97. The molecular formula is C21H17ClO2. The van der Waals surface area contributed by atoms with E-state index < -0.39 is 0 Å². The summed E-state index contributed by atoms with van der Waals surface area (Å²) in [5.41, 5.74) is 5.22. The molecule has 0 radical (unpaired) electrons. The Labute approximate surface area is 146 Å². The van der Waals surface area contributed by atoms with Gasteiger partial charge in [-0.2, -0.15) is 0 Å². The fourth-order valence-corrected chi connectivity index (χ4v) is 2.84. The van der Waals surface area contributed by atoms with Crippen LogP contribution in [0.1, 0.15) is 21.5 Å². The van der Waals surface area contributed by atoms with E-state index in [1.807, 2.05) is 24.3 Å². The molecule has 0 spiro atoms. The number of benzene rings is 3. The predicted octanol–water partition coefficient (Wildman–Crippen LogP) is 5.71. The Balaban J connectivity index is 1.78. The van der Waals surface area contributed by atoms with Crippen LogP contribution >= 0.6 is 11.6 Å². The van der Waals surface area contributed by atoms with E-state index in [2.05, 4.69) is 31.2 Å². The Morgan fingerprint density at radius 2 is 1.83 bits per heavy atom. The lowest BCUT2D eigenvalue weighted by molar-refractivity contribution is 0.112. The van der Waals surface area contributed by atoms with Gasteiger partial charge in [-0.3, -0.25) is 4.79 Å². The summed E-state index contributed by atoms with van der Waals surface area (Å²) in [5.74, 6) is 0.573. The van der Waals surface area contributed by atoms with Crippen LogP contribution in [0.25, 0.3) is 11.1 Å². The van der Waals surface area contributed by atoms with Crippen LogP contribution in [-0.2, 0) is 6.61 Å². The van der Waals surface area contributed by atoms with E-state index >= 15 is 0 Å². The summed E-state index contributed by atoms with van der Waals surface area (Å²) in [6.45, 7) is 2.52. The molecule has 0 saturated carbocycles. The molecule has 0 aliphatic rings. The first-order valence-corrected chi connectivity index (χ1v) is 8.07. The Hall–Kier alpha value is -2.58. The molecule has 0 aromatic heterocycles. The zero-order valence-electron chi connectivity index (χ0n) is 13.3. The van der Waals surface area contributed by atoms with Gasteiger partial charge in [-0.1, -0.05) is 54.1 Å². The summed E-state index contributed by atoms with van der Waals surface area (Å²) in [6.07, 6.45) is 0.765. The van der Waals surface area contributed by atoms with Crippen molar-refractivity contribution in [3.8, 4) is 16.9 Å². The first kappa shape index (κ1) is 16.3. The maximum atomic E-state index is 10.7. The minimum Gasteiger partial charge on any atom is -0.487 e. The maximum Gasteiger partial charge on any atom is 0.150 e. The second-order valence-corrected chi connectivity index (χ2v) is 6.02. The number of hydrogen-bond donors (Lipinski definition) is 0. The van der Waals surface area contributed by atoms with Gasteiger partial charge in [0.25, 0.3) is 0 Å². The number of aldehydes is 1. The fourth-order valence-electron chi connectivity index (χ4n) is 2.59. The summed E-state index contributed by atoms with van der Waals surface area (Å²) in [5, 5.41) is 0.439. The van der Waals surface area contributed by atoms with E-state index in [0.717, 1.165) is 17.4 Å². The summed E-state index contributed by atoms with van der Waals surface area (Å²) in [7, 11) is 0. The van der Waals surface area contributed by atoms with Crippen molar-refractivity contribution >= 4 is 17.9 Å². The highest BCUT2D eigenvalue weighted by Crippen LogP contribution is 2.27. The number of halogens is 1. The molecule has 120 valence electrons. The average Bonchev–Trinajstić information content (AvgIpc) is 2.61. The molecule has 0 aliphatic heterocycles. The van der Waals surface area contributed by atoms with Crippen LogP contribution in [0.15, 0.2) is 66.7 Å². The molecule has 3 aromatic rings. The number of aryl methyl sites for hydroxylation is 1. The highest BCUT2D eigenvalue weighted by Gasteiger charge is 2.05. The van der Waals surface area contributed by atoms with Crippen molar-refractivity contribution in [1.82, 2.24) is 0 Å². The molecule has 3 rings (SSSR count). The molecule has 3 aromatic carbocycles. The third kappa shape index (κ3) is 3.66. The summed E-state index contributed by atoms with van der Waals surface area (Å²) >= 11 is 6.14. The number of ether oxygens (including phenoxy) is 1. The van der Waals surface area contributed by atoms with Gasteiger partial charge in [0.1, 0.15) is 18.6 Å². The number of hydrogen-bond acceptors (Lipinski definition) is 2. The van der Waals surface area contributed by atoms with E-state index in [4.69, 9.17) is 16.3 Å². The van der Waals surface area contributed by atoms with Crippen molar-refractivity contribution in [3.05, 3.63) is 88.4 Å². The monoisotopic (exact) mass is 336 g/mol. The van der Waals surface area contributed by atoms with Crippen molar-refractivity contribution in [2.75, 3.05) is 0 Å². The molecule has 0 unspecified atom stereocenters. The van der Waals surface area contributed by atoms with E-state index in [1.165, 1.54) is 11.1 Å². The molecule has 0 N–H and O–H groups in total. The van der Waals surface area contributed by atoms with Crippen molar-refractivity contribution in [2.45, 2.75) is 13.5 Å². The Morgan fingerprint density at radius 3 is 2.58 bits per heavy atom. The van der Waals surface area contributed by atoms with Gasteiger partial charge >= 0.3 is 0 Å². The second-order valence-electron chi connectivity index (χ2n) is 5.61. The number of carbonyl (C=O) groups is 1. The third-order valence-corrected chi connectivity index (χ3v) is 4.16. The maximum absolute atomic E-state index is 10.7. The molecule has 0 aliphatic carbocycles. The van der Waals surface area contributed by atoms with Crippen LogP contribution in [0.3, 0.4) is 0 Å². The van der Waals surface area contributed by atoms with Gasteiger partial charge in [-0.15, -0.1) is 0 Å². The minimum atomic E-state index is 0.417. The van der Waals surface area contributed by atoms with Gasteiger partial charge in [0.15, 0.2) is 0 Å². The van der Waals surface area contributed by atoms with E-state index in [-0.39, 0.29) is 0 Å². The van der Waals surface area contributed by atoms with Crippen molar-refractivity contribution in [3.63, 3.8) is 0 Å². The van der Waals surface area contributed by atoms with Crippen LogP contribution in [-0.4, -0.2) is 6.29 Å². The normalized spacial score (nSPS) is 10.4. The summed E-state index contributed by atoms with van der Waals surface area (Å²) in [6, 6.07) is 21.6. The number of rotatable bonds is 5. The molecule has 0 amide bonds. The smallest absolute Gasteiger partial charge is 0.150 e. The first-order chi connectivity index (χ1) is 11.7. The largest absolute Gasteiger partial charge is 0.487 e. The van der Waals surface area contributed by atoms with Crippen LogP contribution < -0.4 is 4.74 Å². The molecule has 0 atom stereocenters. The summed E-state index contributed by atoms with van der Waals surface area (Å²) < 4.78 is 5.80. The highest BCUT2D eigenvalue weighted by molar-refractivity contribution is 6.32. The molecule has 3 heteroatoms. The predicted molar refractivity (Wildman–Crippen MR) is 97.8 cm³/mol. The van der Waals surface area contributed by atoms with Gasteiger partial charge in [0.2, 0.25) is 0 Å². The molecule has 24 heavy (non-hydrogen) atoms. The zero-order chi connectivity index (χ0) is 16.9. The van der Waals surface area contributed by atoms with Crippen molar-refractivity contribution in [1.29, 1.82) is 0 Å². The van der Waals surface area contributed by atoms with E-state index in [9.17, 15) is 4.79 Å². The molecular weight excluding hydrogens is 320 g/mol. The van der Waals surface area contributed by atoms with Gasteiger partial charge in [-0.25, -0.2) is 0 Å². The van der Waals surface area contributed by atoms with Gasteiger partial charge in [0.05, 0.1) is 5.02 Å². The topological polar surface area (TPSA) is 26.3 Å². The van der Waals surface area contributed by atoms with Crippen LogP contribution in [0.4, 0.5) is 0 Å². The molecule has 2 nitrogen and oxygen atoms in total. The lowest BCUT2D eigenvalue weighted by Gasteiger charge is -2.11. The number of carbonyl (C=O) groups excluding carboxylic acids is 1. The van der Waals surface area contributed by atoms with Crippen LogP contribution in [0.2, 0.25) is 5.02 Å². The fraction of sp³-hybridized carbons (Fsp3) is 0.0952. The van der Waals surface area contributed by atoms with Gasteiger partial charge in [-0.05, 0) is 53.4 Å². The molecule has 0 heterocycles. The van der Waals surface area contributed by atoms with Crippen LogP contribution in [0.5, 0.6) is 5.75 Å². The van der Waals surface area contributed by atoms with Crippen molar-refractivity contribution in [2.24, 2.45) is 0 Å². The molecule has 0 bridgehead atoms. The lowest BCUT2D eigenvalue weighted by atomic mass is 9.99. The van der Waals surface area contributed by atoms with Crippen molar-refractivity contribution < 1.29 is 9.53 Å². The Kier molecular flexibility index (Phi) is 4.97. The highest BCUT2D eigenvalue weighted by atomic mass is 35.5. The average molecular weight is 337 g/mol. The Bertz CT molecular complexity index is 871. The van der Waals surface area contributed by atoms with Gasteiger partial charge < -0.3 is 4.74 Å². The zero-order valence-corrected chi connectivity index (χ0v) is 14.1. The first-order valence-electron chi connectivity index (χ1n) is 7.70. The summed E-state index contributed by atoms with van der Waals surface area (Å²) in [4.78, 5) is 10.7. The SMILES string of the molecule is Cc1ccccc1-c1cccc(COc2ccc(C=O)cc2Cl)c1. The quantitative estimate of drug-likeness (QED) is 0.558. The second kappa shape index (κ2) is 7.33. The standard InChI is InChI=1S/C21H17ClO2/c1-15-5-2-3-8-19(15)18-7-4-6-17(11-18)14-24-21-10-9-16(13-23)12-20(21)22/h2-13H,14H2,1H3. The van der Waals surface area contributed by atoms with E-state index in [0.29, 0.717) is 22.9 Å². The molecule has 0 saturated heterocycles. The molecule has 0 fully saturated rings. The van der Waals surface area contributed by atoms with Crippen LogP contribution in [0, 0.1) is 6.92 Å². The Morgan fingerprint density at radius 1 is 1.00 bits per heavy atom. The van der Waals surface area contributed by atoms with E-state index in [1.54, 1.807) is 18.2 Å².